The van der Waals surface area contributed by atoms with Gasteiger partial charge in [-0.3, -0.25) is 9.59 Å². The maximum atomic E-state index is 12.7. The Morgan fingerprint density at radius 2 is 1.77 bits per heavy atom. The lowest BCUT2D eigenvalue weighted by Crippen LogP contribution is -2.47. The molecule has 1 heterocycles. The number of hydrogen-bond acceptors (Lipinski definition) is 4. The van der Waals surface area contributed by atoms with E-state index in [0.29, 0.717) is 25.2 Å². The minimum Gasteiger partial charge on any atom is -0.466 e. The Hall–Kier alpha value is -3.09. The Morgan fingerprint density at radius 1 is 1.04 bits per heavy atom. The lowest BCUT2D eigenvalue weighted by Gasteiger charge is -2.28. The zero-order valence-electron chi connectivity index (χ0n) is 14.6. The second-order valence-electron chi connectivity index (χ2n) is 5.93. The predicted octanol–water partition coefficient (Wildman–Crippen LogP) is 2.77. The molecule has 0 radical (unpaired) electrons. The molecule has 26 heavy (non-hydrogen) atoms. The number of carbonyl (C=O) groups is 3. The minimum absolute atomic E-state index is 0.220. The summed E-state index contributed by atoms with van der Waals surface area (Å²) >= 11 is 0. The van der Waals surface area contributed by atoms with Gasteiger partial charge < -0.3 is 10.1 Å². The van der Waals surface area contributed by atoms with Crippen LogP contribution in [0, 0.1) is 0 Å². The number of nitrogens with one attached hydrogen (secondary N) is 1. The molecular formula is C19H21N3O4. The highest BCUT2D eigenvalue weighted by Gasteiger charge is 2.32. The molecule has 0 aromatic heterocycles. The monoisotopic (exact) mass is 355 g/mol. The van der Waals surface area contributed by atoms with Crippen molar-refractivity contribution in [2.45, 2.75) is 19.8 Å². The average molecular weight is 355 g/mol. The van der Waals surface area contributed by atoms with Crippen LogP contribution in [0.4, 0.5) is 10.5 Å². The number of urea groups is 1. The van der Waals surface area contributed by atoms with E-state index < -0.39 is 17.9 Å². The van der Waals surface area contributed by atoms with E-state index in [-0.39, 0.29) is 13.0 Å². The van der Waals surface area contributed by atoms with Gasteiger partial charge in [-0.2, -0.15) is 0 Å². The third kappa shape index (κ3) is 3.77. The summed E-state index contributed by atoms with van der Waals surface area (Å²) in [4.78, 5) is 36.5. The molecule has 3 rings (SSSR count). The van der Waals surface area contributed by atoms with Gasteiger partial charge in [-0.1, -0.05) is 36.4 Å². The highest BCUT2D eigenvalue weighted by Crippen LogP contribution is 2.24. The Bertz CT molecular complexity index is 831. The summed E-state index contributed by atoms with van der Waals surface area (Å²) in [5, 5.41) is 7.47. The van der Waals surface area contributed by atoms with Crippen LogP contribution in [0.2, 0.25) is 0 Å². The smallest absolute Gasteiger partial charge is 0.340 e. The van der Waals surface area contributed by atoms with E-state index in [1.54, 1.807) is 6.92 Å². The number of rotatable bonds is 4. The number of ether oxygens (including phenoxy) is 1. The first kappa shape index (κ1) is 17.7. The third-order valence-electron chi connectivity index (χ3n) is 4.19. The van der Waals surface area contributed by atoms with Crippen LogP contribution in [0.25, 0.3) is 10.8 Å². The van der Waals surface area contributed by atoms with E-state index in [9.17, 15) is 14.4 Å². The molecular weight excluding hydrogens is 334 g/mol. The predicted molar refractivity (Wildman–Crippen MR) is 97.3 cm³/mol. The van der Waals surface area contributed by atoms with Crippen LogP contribution >= 0.6 is 0 Å². The van der Waals surface area contributed by atoms with Crippen molar-refractivity contribution in [1.82, 2.24) is 10.0 Å². The molecule has 1 aliphatic heterocycles. The number of benzene rings is 2. The SMILES string of the molecule is CCOC(=O)CC(=O)N1CCCN1C(=O)Nc1cccc2ccccc12. The Kier molecular flexibility index (Phi) is 5.36. The molecule has 1 fully saturated rings. The van der Waals surface area contributed by atoms with Crippen LogP contribution in [0.5, 0.6) is 0 Å². The van der Waals surface area contributed by atoms with Crippen LogP contribution < -0.4 is 5.32 Å². The molecule has 0 bridgehead atoms. The zero-order valence-corrected chi connectivity index (χ0v) is 14.6. The van der Waals surface area contributed by atoms with Gasteiger partial charge in [0.05, 0.1) is 12.3 Å². The molecule has 1 saturated heterocycles. The van der Waals surface area contributed by atoms with Gasteiger partial charge in [-0.05, 0) is 24.8 Å². The zero-order chi connectivity index (χ0) is 18.5. The quantitative estimate of drug-likeness (QED) is 0.676. The molecule has 1 N–H and O–H groups in total. The van der Waals surface area contributed by atoms with Gasteiger partial charge in [0, 0.05) is 18.5 Å². The largest absolute Gasteiger partial charge is 0.466 e. The Labute approximate surface area is 151 Å². The van der Waals surface area contributed by atoms with E-state index in [0.717, 1.165) is 10.8 Å². The van der Waals surface area contributed by atoms with Crippen LogP contribution in [0.3, 0.4) is 0 Å². The molecule has 7 heteroatoms. The van der Waals surface area contributed by atoms with Crippen molar-refractivity contribution in [3.05, 3.63) is 42.5 Å². The maximum Gasteiger partial charge on any atom is 0.340 e. The number of fused-ring (bicyclic) bond motifs is 1. The van der Waals surface area contributed by atoms with Gasteiger partial charge in [-0.25, -0.2) is 14.8 Å². The number of anilines is 1. The summed E-state index contributed by atoms with van der Waals surface area (Å²) in [5.74, 6) is -1.02. The van der Waals surface area contributed by atoms with Crippen LogP contribution in [0.1, 0.15) is 19.8 Å². The average Bonchev–Trinajstić information content (AvgIpc) is 3.12. The van der Waals surface area contributed by atoms with E-state index in [2.05, 4.69) is 5.32 Å². The second kappa shape index (κ2) is 7.86. The van der Waals surface area contributed by atoms with Crippen molar-refractivity contribution in [3.8, 4) is 0 Å². The van der Waals surface area contributed by atoms with Crippen LogP contribution in [-0.4, -0.2) is 47.6 Å². The number of esters is 1. The van der Waals surface area contributed by atoms with E-state index in [4.69, 9.17) is 4.74 Å². The van der Waals surface area contributed by atoms with Crippen molar-refractivity contribution in [2.75, 3.05) is 25.0 Å². The minimum atomic E-state index is -0.584. The molecule has 0 atom stereocenters. The van der Waals surface area contributed by atoms with Crippen LogP contribution in [0.15, 0.2) is 42.5 Å². The molecule has 2 aromatic rings. The van der Waals surface area contributed by atoms with Crippen LogP contribution in [-0.2, 0) is 14.3 Å². The van der Waals surface area contributed by atoms with Gasteiger partial charge in [0.1, 0.15) is 6.42 Å². The summed E-state index contributed by atoms with van der Waals surface area (Å²) in [6.07, 6.45) is 0.295. The first-order valence-electron chi connectivity index (χ1n) is 8.62. The number of amides is 3. The van der Waals surface area contributed by atoms with Gasteiger partial charge in [0.2, 0.25) is 0 Å². The Balaban J connectivity index is 1.72. The summed E-state index contributed by atoms with van der Waals surface area (Å²) in [6, 6.07) is 13.0. The number of hydrazine groups is 1. The number of hydrogen-bond donors (Lipinski definition) is 1. The normalized spacial score (nSPS) is 13.7. The number of carbonyl (C=O) groups excluding carboxylic acids is 3. The molecule has 0 spiro atoms. The van der Waals surface area contributed by atoms with Crippen molar-refractivity contribution in [2.24, 2.45) is 0 Å². The Morgan fingerprint density at radius 3 is 2.58 bits per heavy atom. The summed E-state index contributed by atoms with van der Waals surface area (Å²) < 4.78 is 4.81. The van der Waals surface area contributed by atoms with Gasteiger partial charge in [0.25, 0.3) is 5.91 Å². The van der Waals surface area contributed by atoms with Crippen molar-refractivity contribution in [1.29, 1.82) is 0 Å². The number of nitrogens with zero attached hydrogens (tertiary/aromatic N) is 2. The fourth-order valence-corrected chi connectivity index (χ4v) is 3.02. The topological polar surface area (TPSA) is 79.0 Å². The maximum absolute atomic E-state index is 12.7. The van der Waals surface area contributed by atoms with Gasteiger partial charge in [-0.15, -0.1) is 0 Å². The van der Waals surface area contributed by atoms with Crippen molar-refractivity contribution in [3.63, 3.8) is 0 Å². The third-order valence-corrected chi connectivity index (χ3v) is 4.19. The second-order valence-corrected chi connectivity index (χ2v) is 5.93. The van der Waals surface area contributed by atoms with Gasteiger partial charge in [0.15, 0.2) is 0 Å². The molecule has 0 saturated carbocycles. The molecule has 136 valence electrons. The van der Waals surface area contributed by atoms with Crippen molar-refractivity contribution < 1.29 is 19.1 Å². The van der Waals surface area contributed by atoms with E-state index in [1.165, 1.54) is 10.0 Å². The lowest BCUT2D eigenvalue weighted by atomic mass is 10.1. The lowest BCUT2D eigenvalue weighted by molar-refractivity contribution is -0.152. The molecule has 1 aliphatic rings. The highest BCUT2D eigenvalue weighted by atomic mass is 16.5. The molecule has 3 amide bonds. The van der Waals surface area contributed by atoms with E-state index in [1.807, 2.05) is 42.5 Å². The van der Waals surface area contributed by atoms with Gasteiger partial charge >= 0.3 is 12.0 Å². The summed E-state index contributed by atoms with van der Waals surface area (Å²) in [6.45, 7) is 2.73. The fourth-order valence-electron chi connectivity index (χ4n) is 3.02. The molecule has 0 aliphatic carbocycles. The summed E-state index contributed by atoms with van der Waals surface area (Å²) in [7, 11) is 0. The first-order chi connectivity index (χ1) is 12.6. The highest BCUT2D eigenvalue weighted by molar-refractivity contribution is 6.02. The fraction of sp³-hybridized carbons (Fsp3) is 0.316. The summed E-state index contributed by atoms with van der Waals surface area (Å²) in [5.41, 5.74) is 0.679. The van der Waals surface area contributed by atoms with Crippen molar-refractivity contribution >= 4 is 34.4 Å². The standard InChI is InChI=1S/C19H21N3O4/c1-2-26-18(24)13-17(23)21-11-6-12-22(21)19(25)20-16-10-5-8-14-7-3-4-9-15(14)16/h3-5,7-10H,2,6,11-13H2,1H3,(H,20,25). The first-order valence-corrected chi connectivity index (χ1v) is 8.62. The molecule has 7 nitrogen and oxygen atoms in total. The molecule has 0 unspecified atom stereocenters. The molecule has 2 aromatic carbocycles. The van der Waals surface area contributed by atoms with E-state index >= 15 is 0 Å².